The van der Waals surface area contributed by atoms with Crippen LogP contribution in [0.4, 0.5) is 0 Å². The molecule has 3 heteroatoms. The number of aliphatic hydroxyl groups excluding tert-OH is 1. The van der Waals surface area contributed by atoms with Crippen LogP contribution in [-0.4, -0.2) is 40.5 Å². The van der Waals surface area contributed by atoms with E-state index in [9.17, 15) is 9.90 Å². The van der Waals surface area contributed by atoms with Gasteiger partial charge in [-0.2, -0.15) is 0 Å². The summed E-state index contributed by atoms with van der Waals surface area (Å²) in [5.41, 5.74) is 0.134. The maximum atomic E-state index is 12.6. The largest absolute Gasteiger partial charge is 0.393 e. The third-order valence-electron chi connectivity index (χ3n) is 6.71. The molecular formula is C16H25NO2. The summed E-state index contributed by atoms with van der Waals surface area (Å²) >= 11 is 0. The van der Waals surface area contributed by atoms with Crippen LogP contribution < -0.4 is 0 Å². The molecule has 4 aliphatic rings. The Morgan fingerprint density at radius 2 is 2.00 bits per heavy atom. The molecule has 0 aromatic heterocycles. The van der Waals surface area contributed by atoms with Gasteiger partial charge in [-0.05, 0) is 62.9 Å². The smallest absolute Gasteiger partial charge is 0.138 e. The molecule has 0 aromatic carbocycles. The van der Waals surface area contributed by atoms with Crippen molar-refractivity contribution >= 4 is 5.78 Å². The summed E-state index contributed by atoms with van der Waals surface area (Å²) in [6, 6.07) is 0. The first-order valence-corrected chi connectivity index (χ1v) is 8.10. The average molecular weight is 263 g/mol. The van der Waals surface area contributed by atoms with E-state index in [1.165, 1.54) is 32.4 Å². The first-order valence-electron chi connectivity index (χ1n) is 8.10. The molecule has 2 heterocycles. The molecule has 2 aliphatic heterocycles. The Balaban J connectivity index is 1.83. The van der Waals surface area contributed by atoms with E-state index in [4.69, 9.17) is 0 Å². The molecule has 2 saturated heterocycles. The molecule has 3 nitrogen and oxygen atoms in total. The van der Waals surface area contributed by atoms with Crippen molar-refractivity contribution in [2.24, 2.45) is 23.7 Å². The van der Waals surface area contributed by atoms with Gasteiger partial charge in [0.15, 0.2) is 0 Å². The van der Waals surface area contributed by atoms with Crippen molar-refractivity contribution < 1.29 is 9.90 Å². The number of rotatable bonds is 0. The Morgan fingerprint density at radius 1 is 1.26 bits per heavy atom. The SMILES string of the molecule is CC1CC23C4CCCN2CCCC3C(CC4=O)C1O. The van der Waals surface area contributed by atoms with Crippen molar-refractivity contribution in [3.05, 3.63) is 0 Å². The molecule has 19 heavy (non-hydrogen) atoms. The summed E-state index contributed by atoms with van der Waals surface area (Å²) in [5.74, 6) is 1.91. The van der Waals surface area contributed by atoms with Gasteiger partial charge in [-0.1, -0.05) is 6.92 Å². The Bertz CT molecular complexity index is 408. The second-order valence-corrected chi connectivity index (χ2v) is 7.43. The van der Waals surface area contributed by atoms with Gasteiger partial charge >= 0.3 is 0 Å². The van der Waals surface area contributed by atoms with Gasteiger partial charge in [-0.3, -0.25) is 9.69 Å². The van der Waals surface area contributed by atoms with Crippen molar-refractivity contribution in [2.45, 2.75) is 57.1 Å². The van der Waals surface area contributed by atoms with Gasteiger partial charge in [0.2, 0.25) is 0 Å². The van der Waals surface area contributed by atoms with Crippen molar-refractivity contribution in [1.29, 1.82) is 0 Å². The minimum atomic E-state index is -0.248. The Kier molecular flexibility index (Phi) is 2.63. The second-order valence-electron chi connectivity index (χ2n) is 7.43. The molecule has 2 saturated carbocycles. The molecule has 0 amide bonds. The van der Waals surface area contributed by atoms with Gasteiger partial charge in [0.25, 0.3) is 0 Å². The van der Waals surface area contributed by atoms with E-state index in [0.29, 0.717) is 24.0 Å². The number of hydrogen-bond donors (Lipinski definition) is 1. The number of ketones is 1. The summed E-state index contributed by atoms with van der Waals surface area (Å²) < 4.78 is 0. The first-order chi connectivity index (χ1) is 9.14. The highest BCUT2D eigenvalue weighted by Crippen LogP contribution is 2.59. The van der Waals surface area contributed by atoms with E-state index in [-0.39, 0.29) is 23.5 Å². The fourth-order valence-corrected chi connectivity index (χ4v) is 6.11. The van der Waals surface area contributed by atoms with Crippen LogP contribution in [0.2, 0.25) is 0 Å². The standard InChI is InChI=1S/C16H25NO2/c1-10-9-16-12-4-2-6-17(16)7-3-5-13(16)14(18)8-11(12)15(10)19/h10-13,15,19H,2-9H2,1H3. The maximum Gasteiger partial charge on any atom is 0.138 e. The van der Waals surface area contributed by atoms with Crippen LogP contribution in [0.3, 0.4) is 0 Å². The number of carbonyl (C=O) groups excluding carboxylic acids is 1. The zero-order valence-corrected chi connectivity index (χ0v) is 11.8. The maximum absolute atomic E-state index is 12.6. The molecule has 0 aromatic rings. The van der Waals surface area contributed by atoms with Crippen LogP contribution in [0, 0.1) is 23.7 Å². The fourth-order valence-electron chi connectivity index (χ4n) is 6.11. The van der Waals surface area contributed by atoms with E-state index in [1.54, 1.807) is 0 Å². The van der Waals surface area contributed by atoms with E-state index in [0.717, 1.165) is 12.8 Å². The lowest BCUT2D eigenvalue weighted by Crippen LogP contribution is -2.73. The van der Waals surface area contributed by atoms with Gasteiger partial charge in [0, 0.05) is 17.9 Å². The highest BCUT2D eigenvalue weighted by atomic mass is 16.3. The summed E-state index contributed by atoms with van der Waals surface area (Å²) in [7, 11) is 0. The van der Waals surface area contributed by atoms with E-state index in [2.05, 4.69) is 11.8 Å². The molecule has 1 spiro atoms. The molecular weight excluding hydrogens is 238 g/mol. The highest BCUT2D eigenvalue weighted by Gasteiger charge is 2.64. The van der Waals surface area contributed by atoms with Crippen molar-refractivity contribution in [2.75, 3.05) is 13.1 Å². The average Bonchev–Trinajstić information content (AvgIpc) is 2.40. The van der Waals surface area contributed by atoms with Gasteiger partial charge in [0.1, 0.15) is 5.78 Å². The Labute approximate surface area is 115 Å². The molecule has 2 aliphatic carbocycles. The van der Waals surface area contributed by atoms with E-state index < -0.39 is 0 Å². The minimum absolute atomic E-state index is 0.134. The number of aliphatic hydroxyl groups is 1. The van der Waals surface area contributed by atoms with E-state index >= 15 is 0 Å². The minimum Gasteiger partial charge on any atom is -0.393 e. The monoisotopic (exact) mass is 263 g/mol. The molecule has 4 rings (SSSR count). The van der Waals surface area contributed by atoms with Crippen molar-refractivity contribution in [1.82, 2.24) is 4.90 Å². The summed E-state index contributed by atoms with van der Waals surface area (Å²) in [4.78, 5) is 15.2. The lowest BCUT2D eigenvalue weighted by molar-refractivity contribution is -0.194. The molecule has 0 radical (unpaired) electrons. The molecule has 6 unspecified atom stereocenters. The first kappa shape index (κ1) is 12.3. The topological polar surface area (TPSA) is 40.5 Å². The molecule has 2 bridgehead atoms. The van der Waals surface area contributed by atoms with Crippen LogP contribution in [0.15, 0.2) is 0 Å². The van der Waals surface area contributed by atoms with E-state index in [1.807, 2.05) is 0 Å². The van der Waals surface area contributed by atoms with Gasteiger partial charge < -0.3 is 5.11 Å². The number of piperidine rings is 2. The number of nitrogens with zero attached hydrogens (tertiary/aromatic N) is 1. The lowest BCUT2D eigenvalue weighted by Gasteiger charge is -2.66. The number of Topliss-reactive ketones (excluding diaryl/α,β-unsaturated/α-hetero) is 1. The summed E-state index contributed by atoms with van der Waals surface area (Å²) in [6.07, 6.45) is 6.22. The number of hydrogen-bond acceptors (Lipinski definition) is 3. The van der Waals surface area contributed by atoms with Crippen LogP contribution >= 0.6 is 0 Å². The lowest BCUT2D eigenvalue weighted by atomic mass is 9.48. The van der Waals surface area contributed by atoms with Gasteiger partial charge in [-0.15, -0.1) is 0 Å². The van der Waals surface area contributed by atoms with Crippen LogP contribution in [0.25, 0.3) is 0 Å². The third kappa shape index (κ3) is 1.43. The molecule has 106 valence electrons. The Hall–Kier alpha value is -0.410. The van der Waals surface area contributed by atoms with Gasteiger partial charge in [-0.25, -0.2) is 0 Å². The summed E-state index contributed by atoms with van der Waals surface area (Å²) in [6.45, 7) is 4.54. The van der Waals surface area contributed by atoms with Crippen LogP contribution in [-0.2, 0) is 4.79 Å². The highest BCUT2D eigenvalue weighted by molar-refractivity contribution is 5.84. The Morgan fingerprint density at radius 3 is 2.79 bits per heavy atom. The van der Waals surface area contributed by atoms with Crippen LogP contribution in [0.1, 0.15) is 45.4 Å². The second kappa shape index (κ2) is 4.05. The van der Waals surface area contributed by atoms with Crippen molar-refractivity contribution in [3.8, 4) is 0 Å². The third-order valence-corrected chi connectivity index (χ3v) is 6.71. The van der Waals surface area contributed by atoms with Crippen LogP contribution in [0.5, 0.6) is 0 Å². The van der Waals surface area contributed by atoms with Gasteiger partial charge in [0.05, 0.1) is 6.10 Å². The molecule has 1 N–H and O–H groups in total. The molecule has 4 fully saturated rings. The zero-order valence-electron chi connectivity index (χ0n) is 11.8. The fraction of sp³-hybridized carbons (Fsp3) is 0.938. The normalized spacial score (nSPS) is 53.8. The predicted octanol–water partition coefficient (Wildman–Crippen LogP) is 1.84. The quantitative estimate of drug-likeness (QED) is 0.725. The summed E-state index contributed by atoms with van der Waals surface area (Å²) in [5, 5.41) is 10.5. The number of carbonyl (C=O) groups is 1. The zero-order chi connectivity index (χ0) is 13.2. The molecule has 6 atom stereocenters. The predicted molar refractivity (Wildman–Crippen MR) is 72.7 cm³/mol. The van der Waals surface area contributed by atoms with Crippen molar-refractivity contribution in [3.63, 3.8) is 0 Å².